The second kappa shape index (κ2) is 7.96. The summed E-state index contributed by atoms with van der Waals surface area (Å²) in [5.41, 5.74) is 0.833. The van der Waals surface area contributed by atoms with E-state index < -0.39 is 23.6 Å². The van der Waals surface area contributed by atoms with Gasteiger partial charge in [-0.15, -0.1) is 0 Å². The van der Waals surface area contributed by atoms with Crippen LogP contribution in [0, 0.1) is 11.6 Å². The van der Waals surface area contributed by atoms with Gasteiger partial charge in [0, 0.05) is 22.6 Å². The number of nitrogens with zero attached hydrogens (tertiary/aromatic N) is 3. The van der Waals surface area contributed by atoms with E-state index in [4.69, 9.17) is 21.0 Å². The monoisotopic (exact) mass is 418 g/mol. The van der Waals surface area contributed by atoms with Gasteiger partial charge in [0.15, 0.2) is 0 Å². The zero-order valence-corrected chi connectivity index (χ0v) is 15.5. The molecule has 0 fully saturated rings. The predicted molar refractivity (Wildman–Crippen MR) is 99.0 cm³/mol. The minimum Gasteiger partial charge on any atom is -0.382 e. The Morgan fingerprint density at radius 1 is 1.21 bits per heavy atom. The van der Waals surface area contributed by atoms with E-state index >= 15 is 0 Å². The summed E-state index contributed by atoms with van der Waals surface area (Å²) in [6.07, 6.45) is -0.960. The fraction of sp³-hybridized carbons (Fsp3) is 0.158. The van der Waals surface area contributed by atoms with Crippen molar-refractivity contribution >= 4 is 23.2 Å². The van der Waals surface area contributed by atoms with Gasteiger partial charge in [-0.1, -0.05) is 21.9 Å². The van der Waals surface area contributed by atoms with E-state index in [1.54, 1.807) is 24.3 Å². The SMILES string of the molecule is O=C(NCc1nc(-c2ccc(Cl)cc2)no1)C1CC(c2cc(F)ccc2F)=NO1. The van der Waals surface area contributed by atoms with Crippen molar-refractivity contribution in [3.8, 4) is 11.4 Å². The molecule has 0 saturated heterocycles. The number of hydrogen-bond acceptors (Lipinski definition) is 6. The number of carbonyl (C=O) groups is 1. The highest BCUT2D eigenvalue weighted by Crippen LogP contribution is 2.21. The number of amides is 1. The number of rotatable bonds is 5. The van der Waals surface area contributed by atoms with E-state index in [0.29, 0.717) is 16.4 Å². The van der Waals surface area contributed by atoms with Crippen molar-refractivity contribution in [1.82, 2.24) is 15.5 Å². The average Bonchev–Trinajstić information content (AvgIpc) is 3.38. The van der Waals surface area contributed by atoms with Crippen molar-refractivity contribution in [3.63, 3.8) is 0 Å². The zero-order valence-electron chi connectivity index (χ0n) is 14.7. The first-order valence-electron chi connectivity index (χ1n) is 8.54. The maximum Gasteiger partial charge on any atom is 0.264 e. The molecule has 7 nitrogen and oxygen atoms in total. The third kappa shape index (κ3) is 4.24. The summed E-state index contributed by atoms with van der Waals surface area (Å²) in [6, 6.07) is 9.89. The van der Waals surface area contributed by atoms with E-state index in [9.17, 15) is 13.6 Å². The molecule has 0 radical (unpaired) electrons. The highest BCUT2D eigenvalue weighted by Gasteiger charge is 2.30. The lowest BCUT2D eigenvalue weighted by molar-refractivity contribution is -0.131. The van der Waals surface area contributed by atoms with Gasteiger partial charge in [0.1, 0.15) is 11.6 Å². The topological polar surface area (TPSA) is 89.6 Å². The Morgan fingerprint density at radius 3 is 2.79 bits per heavy atom. The fourth-order valence-electron chi connectivity index (χ4n) is 2.72. The molecule has 29 heavy (non-hydrogen) atoms. The molecule has 2 aromatic carbocycles. The first-order valence-corrected chi connectivity index (χ1v) is 8.92. The minimum absolute atomic E-state index is 0.00602. The summed E-state index contributed by atoms with van der Waals surface area (Å²) in [7, 11) is 0. The molecule has 1 N–H and O–H groups in total. The number of aromatic nitrogens is 2. The van der Waals surface area contributed by atoms with Crippen LogP contribution >= 0.6 is 11.6 Å². The summed E-state index contributed by atoms with van der Waals surface area (Å²) in [5, 5.41) is 10.7. The van der Waals surface area contributed by atoms with Crippen LogP contribution in [0.4, 0.5) is 8.78 Å². The number of oxime groups is 1. The second-order valence-electron chi connectivity index (χ2n) is 6.20. The van der Waals surface area contributed by atoms with Crippen LogP contribution in [0.5, 0.6) is 0 Å². The summed E-state index contributed by atoms with van der Waals surface area (Å²) < 4.78 is 32.3. The molecular weight excluding hydrogens is 406 g/mol. The molecule has 1 aromatic heterocycles. The van der Waals surface area contributed by atoms with Crippen molar-refractivity contribution < 1.29 is 22.9 Å². The van der Waals surface area contributed by atoms with Crippen LogP contribution in [-0.4, -0.2) is 27.9 Å². The minimum atomic E-state index is -0.966. The van der Waals surface area contributed by atoms with Crippen molar-refractivity contribution in [2.75, 3.05) is 0 Å². The van der Waals surface area contributed by atoms with Crippen molar-refractivity contribution in [2.45, 2.75) is 19.1 Å². The maximum atomic E-state index is 13.8. The summed E-state index contributed by atoms with van der Waals surface area (Å²) >= 11 is 5.84. The molecule has 1 atom stereocenters. The van der Waals surface area contributed by atoms with Crippen LogP contribution in [0.2, 0.25) is 5.02 Å². The highest BCUT2D eigenvalue weighted by molar-refractivity contribution is 6.30. The van der Waals surface area contributed by atoms with Gasteiger partial charge in [0.25, 0.3) is 5.91 Å². The smallest absolute Gasteiger partial charge is 0.264 e. The van der Waals surface area contributed by atoms with Gasteiger partial charge in [-0.2, -0.15) is 4.98 Å². The van der Waals surface area contributed by atoms with E-state index in [1.807, 2.05) is 0 Å². The molecular formula is C19H13ClF2N4O3. The number of hydrogen-bond donors (Lipinski definition) is 1. The number of halogens is 3. The number of carbonyl (C=O) groups excluding carboxylic acids is 1. The third-order valence-electron chi connectivity index (χ3n) is 4.18. The fourth-order valence-corrected chi connectivity index (χ4v) is 2.84. The maximum absolute atomic E-state index is 13.8. The van der Waals surface area contributed by atoms with Gasteiger partial charge in [-0.05, 0) is 42.5 Å². The van der Waals surface area contributed by atoms with Gasteiger partial charge in [-0.3, -0.25) is 4.79 Å². The van der Waals surface area contributed by atoms with E-state index in [0.717, 1.165) is 18.2 Å². The second-order valence-corrected chi connectivity index (χ2v) is 6.63. The third-order valence-corrected chi connectivity index (χ3v) is 4.44. The molecule has 3 aromatic rings. The van der Waals surface area contributed by atoms with Gasteiger partial charge in [-0.25, -0.2) is 8.78 Å². The van der Waals surface area contributed by atoms with Crippen LogP contribution in [0.3, 0.4) is 0 Å². The van der Waals surface area contributed by atoms with Crippen molar-refractivity contribution in [1.29, 1.82) is 0 Å². The van der Waals surface area contributed by atoms with Crippen LogP contribution in [0.15, 0.2) is 52.1 Å². The molecule has 0 saturated carbocycles. The summed E-state index contributed by atoms with van der Waals surface area (Å²) in [6.45, 7) is -0.0249. The van der Waals surface area contributed by atoms with Crippen molar-refractivity contribution in [3.05, 3.63) is 70.6 Å². The van der Waals surface area contributed by atoms with Crippen LogP contribution in [0.25, 0.3) is 11.4 Å². The van der Waals surface area contributed by atoms with Crippen LogP contribution in [0.1, 0.15) is 17.9 Å². The van der Waals surface area contributed by atoms with Crippen LogP contribution in [-0.2, 0) is 16.2 Å². The standard InChI is InChI=1S/C19H13ClF2N4O3/c20-11-3-1-10(2-4-11)18-24-17(29-26-18)9-23-19(27)16-8-15(25-28-16)13-7-12(21)5-6-14(13)22/h1-7,16H,8-9H2,(H,23,27). The molecule has 1 unspecified atom stereocenters. The van der Waals surface area contributed by atoms with E-state index in [-0.39, 0.29) is 30.1 Å². The number of nitrogens with one attached hydrogen (secondary N) is 1. The normalized spacial score (nSPS) is 15.7. The largest absolute Gasteiger partial charge is 0.382 e. The van der Waals surface area contributed by atoms with Gasteiger partial charge < -0.3 is 14.7 Å². The summed E-state index contributed by atoms with van der Waals surface area (Å²) in [5.74, 6) is -1.19. The molecule has 1 amide bonds. The van der Waals surface area contributed by atoms with Gasteiger partial charge in [0.2, 0.25) is 17.8 Å². The number of benzene rings is 2. The quantitative estimate of drug-likeness (QED) is 0.685. The van der Waals surface area contributed by atoms with Gasteiger partial charge >= 0.3 is 0 Å². The Bertz CT molecular complexity index is 1090. The molecule has 4 rings (SSSR count). The molecule has 1 aliphatic heterocycles. The Morgan fingerprint density at radius 2 is 2.00 bits per heavy atom. The zero-order chi connectivity index (χ0) is 20.4. The Kier molecular flexibility index (Phi) is 5.22. The lowest BCUT2D eigenvalue weighted by Gasteiger charge is -2.07. The average molecular weight is 419 g/mol. The molecule has 2 heterocycles. The molecule has 10 heteroatoms. The van der Waals surface area contributed by atoms with E-state index in [2.05, 4.69) is 20.6 Å². The van der Waals surface area contributed by atoms with Crippen molar-refractivity contribution in [2.24, 2.45) is 5.16 Å². The van der Waals surface area contributed by atoms with E-state index in [1.165, 1.54) is 0 Å². The first-order chi connectivity index (χ1) is 14.0. The highest BCUT2D eigenvalue weighted by atomic mass is 35.5. The lowest BCUT2D eigenvalue weighted by Crippen LogP contribution is -2.34. The Hall–Kier alpha value is -3.33. The lowest BCUT2D eigenvalue weighted by atomic mass is 10.0. The molecule has 0 bridgehead atoms. The Labute approximate surface area is 168 Å². The molecule has 0 aliphatic carbocycles. The predicted octanol–water partition coefficient (Wildman–Crippen LogP) is 3.48. The molecule has 0 spiro atoms. The van der Waals surface area contributed by atoms with Gasteiger partial charge in [0.05, 0.1) is 12.3 Å². The van der Waals surface area contributed by atoms with Crippen LogP contribution < -0.4 is 5.32 Å². The Balaban J connectivity index is 1.34. The summed E-state index contributed by atoms with van der Waals surface area (Å²) in [4.78, 5) is 21.5. The first kappa shape index (κ1) is 19.0. The molecule has 148 valence electrons. The molecule has 1 aliphatic rings.